The Kier molecular flexibility index (Phi) is 5.00. The lowest BCUT2D eigenvalue weighted by atomic mass is 10.2. The number of rotatable bonds is 7. The molecule has 3 rings (SSSR count). The lowest BCUT2D eigenvalue weighted by Crippen LogP contribution is -2.34. The van der Waals surface area contributed by atoms with Crippen molar-refractivity contribution in [1.29, 1.82) is 0 Å². The predicted octanol–water partition coefficient (Wildman–Crippen LogP) is 2.13. The molecule has 1 aliphatic rings. The van der Waals surface area contributed by atoms with Crippen molar-refractivity contribution >= 4 is 0 Å². The van der Waals surface area contributed by atoms with Crippen LogP contribution in [-0.2, 0) is 13.1 Å². The van der Waals surface area contributed by atoms with Gasteiger partial charge in [0, 0.05) is 12.6 Å². The Morgan fingerprint density at radius 1 is 1.27 bits per heavy atom. The third-order valence-electron chi connectivity index (χ3n) is 4.07. The number of tetrazole rings is 1. The van der Waals surface area contributed by atoms with Gasteiger partial charge < -0.3 is 4.74 Å². The molecule has 1 aliphatic heterocycles. The van der Waals surface area contributed by atoms with Crippen LogP contribution >= 0.6 is 0 Å². The van der Waals surface area contributed by atoms with E-state index < -0.39 is 0 Å². The summed E-state index contributed by atoms with van der Waals surface area (Å²) in [6.45, 7) is 5.62. The van der Waals surface area contributed by atoms with Crippen LogP contribution in [0, 0.1) is 0 Å². The standard InChI is InChI=1S/C16H23N5O/c1-2-10-21-16(17-18-19-21)12-20-11-6-7-14(20)13-22-15-8-4-3-5-9-15/h3-5,8-9,14H,2,6-7,10-13H2,1H3. The highest BCUT2D eigenvalue weighted by Gasteiger charge is 2.26. The van der Waals surface area contributed by atoms with Gasteiger partial charge in [-0.1, -0.05) is 25.1 Å². The third-order valence-corrected chi connectivity index (χ3v) is 4.07. The monoisotopic (exact) mass is 301 g/mol. The molecule has 2 aromatic rings. The van der Waals surface area contributed by atoms with Gasteiger partial charge in [-0.3, -0.25) is 4.90 Å². The first-order chi connectivity index (χ1) is 10.9. The molecule has 6 nitrogen and oxygen atoms in total. The summed E-state index contributed by atoms with van der Waals surface area (Å²) in [4.78, 5) is 2.43. The smallest absolute Gasteiger partial charge is 0.165 e. The van der Waals surface area contributed by atoms with Gasteiger partial charge in [0.15, 0.2) is 5.82 Å². The van der Waals surface area contributed by atoms with Crippen molar-refractivity contribution in [3.8, 4) is 5.75 Å². The number of nitrogens with zero attached hydrogens (tertiary/aromatic N) is 5. The maximum Gasteiger partial charge on any atom is 0.165 e. The minimum atomic E-state index is 0.437. The molecule has 1 fully saturated rings. The quantitative estimate of drug-likeness (QED) is 0.784. The van der Waals surface area contributed by atoms with Gasteiger partial charge in [0.2, 0.25) is 0 Å². The van der Waals surface area contributed by atoms with E-state index in [9.17, 15) is 0 Å². The lowest BCUT2D eigenvalue weighted by Gasteiger charge is -2.23. The van der Waals surface area contributed by atoms with Gasteiger partial charge in [0.05, 0.1) is 6.54 Å². The number of ether oxygens (including phenoxy) is 1. The Hall–Kier alpha value is -1.95. The van der Waals surface area contributed by atoms with Crippen LogP contribution in [0.1, 0.15) is 32.0 Å². The van der Waals surface area contributed by atoms with Gasteiger partial charge in [-0.2, -0.15) is 0 Å². The van der Waals surface area contributed by atoms with Gasteiger partial charge in [-0.15, -0.1) is 5.10 Å². The van der Waals surface area contributed by atoms with Gasteiger partial charge in [0.1, 0.15) is 12.4 Å². The highest BCUT2D eigenvalue weighted by atomic mass is 16.5. The molecule has 1 atom stereocenters. The molecular formula is C16H23N5O. The van der Waals surface area contributed by atoms with Gasteiger partial charge in [-0.05, 0) is 48.4 Å². The molecule has 2 heterocycles. The van der Waals surface area contributed by atoms with E-state index in [0.717, 1.165) is 44.2 Å². The van der Waals surface area contributed by atoms with E-state index >= 15 is 0 Å². The van der Waals surface area contributed by atoms with Crippen molar-refractivity contribution in [2.75, 3.05) is 13.2 Å². The number of hydrogen-bond acceptors (Lipinski definition) is 5. The minimum Gasteiger partial charge on any atom is -0.492 e. The van der Waals surface area contributed by atoms with Gasteiger partial charge in [0.25, 0.3) is 0 Å². The van der Waals surface area contributed by atoms with Crippen LogP contribution in [-0.4, -0.2) is 44.3 Å². The summed E-state index contributed by atoms with van der Waals surface area (Å²) in [6, 6.07) is 10.4. The first-order valence-corrected chi connectivity index (χ1v) is 8.03. The van der Waals surface area contributed by atoms with E-state index in [1.165, 1.54) is 12.8 Å². The first kappa shape index (κ1) is 15.0. The molecule has 0 saturated carbocycles. The first-order valence-electron chi connectivity index (χ1n) is 8.03. The number of para-hydroxylation sites is 1. The van der Waals surface area contributed by atoms with Crippen molar-refractivity contribution in [3.63, 3.8) is 0 Å². The molecule has 118 valence electrons. The van der Waals surface area contributed by atoms with Crippen molar-refractivity contribution in [1.82, 2.24) is 25.1 Å². The Balaban J connectivity index is 1.57. The summed E-state index contributed by atoms with van der Waals surface area (Å²) in [7, 11) is 0. The Labute approximate surface area is 131 Å². The second-order valence-corrected chi connectivity index (χ2v) is 5.71. The largest absolute Gasteiger partial charge is 0.492 e. The zero-order valence-electron chi connectivity index (χ0n) is 13.1. The fraction of sp³-hybridized carbons (Fsp3) is 0.562. The molecule has 0 N–H and O–H groups in total. The highest BCUT2D eigenvalue weighted by molar-refractivity contribution is 5.21. The minimum absolute atomic E-state index is 0.437. The van der Waals surface area contributed by atoms with Gasteiger partial charge >= 0.3 is 0 Å². The summed E-state index contributed by atoms with van der Waals surface area (Å²) >= 11 is 0. The van der Waals surface area contributed by atoms with E-state index in [0.29, 0.717) is 6.04 Å². The predicted molar refractivity (Wildman–Crippen MR) is 83.5 cm³/mol. The maximum absolute atomic E-state index is 5.92. The number of benzene rings is 1. The fourth-order valence-corrected chi connectivity index (χ4v) is 2.90. The van der Waals surface area contributed by atoms with Crippen LogP contribution < -0.4 is 4.74 Å². The van der Waals surface area contributed by atoms with Crippen molar-refractivity contribution in [3.05, 3.63) is 36.2 Å². The van der Waals surface area contributed by atoms with Crippen LogP contribution in [0.2, 0.25) is 0 Å². The molecule has 22 heavy (non-hydrogen) atoms. The molecule has 0 aliphatic carbocycles. The van der Waals surface area contributed by atoms with E-state index in [1.54, 1.807) is 0 Å². The molecule has 0 spiro atoms. The molecule has 1 unspecified atom stereocenters. The van der Waals surface area contributed by atoms with Crippen molar-refractivity contribution in [2.45, 2.75) is 45.3 Å². The van der Waals surface area contributed by atoms with Gasteiger partial charge in [-0.25, -0.2) is 4.68 Å². The molecule has 6 heteroatoms. The molecule has 1 saturated heterocycles. The fourth-order valence-electron chi connectivity index (χ4n) is 2.90. The third kappa shape index (κ3) is 3.62. The topological polar surface area (TPSA) is 56.1 Å². The Morgan fingerprint density at radius 3 is 2.95 bits per heavy atom. The zero-order valence-corrected chi connectivity index (χ0v) is 13.1. The molecule has 0 radical (unpaired) electrons. The Bertz CT molecular complexity index is 571. The number of hydrogen-bond donors (Lipinski definition) is 0. The SMILES string of the molecule is CCCn1nnnc1CN1CCCC1COc1ccccc1. The van der Waals surface area contributed by atoms with Crippen LogP contribution in [0.3, 0.4) is 0 Å². The average molecular weight is 301 g/mol. The van der Waals surface area contributed by atoms with E-state index in [1.807, 2.05) is 35.0 Å². The van der Waals surface area contributed by atoms with Crippen molar-refractivity contribution in [2.24, 2.45) is 0 Å². The molecule has 1 aromatic heterocycles. The number of likely N-dealkylation sites (tertiary alicyclic amines) is 1. The van der Waals surface area contributed by atoms with E-state index in [-0.39, 0.29) is 0 Å². The normalized spacial score (nSPS) is 18.7. The zero-order chi connectivity index (χ0) is 15.2. The Morgan fingerprint density at radius 2 is 2.14 bits per heavy atom. The van der Waals surface area contributed by atoms with Crippen LogP contribution in [0.25, 0.3) is 0 Å². The second kappa shape index (κ2) is 7.35. The van der Waals surface area contributed by atoms with Crippen LogP contribution in [0.4, 0.5) is 0 Å². The molecule has 0 amide bonds. The molecule has 0 bridgehead atoms. The van der Waals surface area contributed by atoms with Crippen molar-refractivity contribution < 1.29 is 4.74 Å². The summed E-state index contributed by atoms with van der Waals surface area (Å²) in [5.41, 5.74) is 0. The number of aryl methyl sites for hydroxylation is 1. The summed E-state index contributed by atoms with van der Waals surface area (Å²) in [5.74, 6) is 1.89. The summed E-state index contributed by atoms with van der Waals surface area (Å²) < 4.78 is 7.83. The van der Waals surface area contributed by atoms with Crippen LogP contribution in [0.15, 0.2) is 30.3 Å². The second-order valence-electron chi connectivity index (χ2n) is 5.71. The van der Waals surface area contributed by atoms with Crippen LogP contribution in [0.5, 0.6) is 5.75 Å². The maximum atomic E-state index is 5.92. The average Bonchev–Trinajstić information content (AvgIpc) is 3.17. The molecule has 1 aromatic carbocycles. The number of aromatic nitrogens is 4. The van der Waals surface area contributed by atoms with E-state index in [2.05, 4.69) is 27.3 Å². The molecular weight excluding hydrogens is 278 g/mol. The summed E-state index contributed by atoms with van der Waals surface area (Å²) in [5, 5.41) is 12.0. The van der Waals surface area contributed by atoms with E-state index in [4.69, 9.17) is 4.74 Å². The highest BCUT2D eigenvalue weighted by Crippen LogP contribution is 2.20. The summed E-state index contributed by atoms with van der Waals surface area (Å²) in [6.07, 6.45) is 3.42. The lowest BCUT2D eigenvalue weighted by molar-refractivity contribution is 0.162.